The first-order valence-corrected chi connectivity index (χ1v) is 12.7. The molecule has 9 heteroatoms. The minimum Gasteiger partial charge on any atom is -0.475 e. The molecule has 0 saturated heterocycles. The highest BCUT2D eigenvalue weighted by atomic mass is 35.5. The van der Waals surface area contributed by atoms with Crippen LogP contribution >= 0.6 is 22.9 Å². The second-order valence-corrected chi connectivity index (χ2v) is 10.3. The van der Waals surface area contributed by atoms with Crippen LogP contribution in [0.2, 0.25) is 5.02 Å². The standard InChI is InChI=1S/C26H22ClN5O2S/c1-14(16-4-5-16)28-22-21-23(30-24(29-22)26(33)34)31-25(18-6-9-20-17(12-18)10-11-35-20)32(21)13-15-2-7-19(27)8-3-15/h2-3,6-12,14,16H,4-5,13H2,1H3,(H,33,34)(H,28,29,30). The Morgan fingerprint density at radius 1 is 1.17 bits per heavy atom. The van der Waals surface area contributed by atoms with Crippen LogP contribution in [-0.4, -0.2) is 36.6 Å². The van der Waals surface area contributed by atoms with Crippen LogP contribution in [0.4, 0.5) is 5.82 Å². The lowest BCUT2D eigenvalue weighted by molar-refractivity contribution is 0.0684. The average Bonchev–Trinajstić information content (AvgIpc) is 3.49. The SMILES string of the molecule is CC(Nc1nc(C(=O)O)nc2nc(-c3ccc4sccc4c3)n(Cc3ccc(Cl)cc3)c12)C1CC1. The van der Waals surface area contributed by atoms with Gasteiger partial charge in [0.1, 0.15) is 11.3 Å². The van der Waals surface area contributed by atoms with Gasteiger partial charge in [-0.15, -0.1) is 11.3 Å². The van der Waals surface area contributed by atoms with Crippen molar-refractivity contribution in [3.05, 3.63) is 70.3 Å². The Labute approximate surface area is 210 Å². The lowest BCUT2D eigenvalue weighted by Gasteiger charge is -2.17. The molecule has 0 aliphatic heterocycles. The minimum absolute atomic E-state index is 0.166. The molecule has 3 heterocycles. The van der Waals surface area contributed by atoms with Gasteiger partial charge < -0.3 is 15.0 Å². The van der Waals surface area contributed by atoms with Gasteiger partial charge in [-0.25, -0.2) is 19.7 Å². The minimum atomic E-state index is -1.18. The number of imidazole rings is 1. The third-order valence-electron chi connectivity index (χ3n) is 6.45. The number of aromatic nitrogens is 4. The van der Waals surface area contributed by atoms with E-state index >= 15 is 0 Å². The maximum atomic E-state index is 11.8. The molecule has 1 atom stereocenters. The summed E-state index contributed by atoms with van der Waals surface area (Å²) >= 11 is 7.81. The Morgan fingerprint density at radius 2 is 1.97 bits per heavy atom. The molecule has 35 heavy (non-hydrogen) atoms. The molecule has 0 amide bonds. The third kappa shape index (κ3) is 4.24. The number of carboxylic acids is 1. The van der Waals surface area contributed by atoms with Crippen LogP contribution in [0.5, 0.6) is 0 Å². The Bertz CT molecular complexity index is 1570. The van der Waals surface area contributed by atoms with Crippen molar-refractivity contribution in [3.63, 3.8) is 0 Å². The van der Waals surface area contributed by atoms with E-state index in [1.807, 2.05) is 30.3 Å². The quantitative estimate of drug-likeness (QED) is 0.270. The zero-order valence-electron chi connectivity index (χ0n) is 18.9. The number of hydrogen-bond donors (Lipinski definition) is 2. The van der Waals surface area contributed by atoms with Crippen molar-refractivity contribution < 1.29 is 9.90 Å². The topological polar surface area (TPSA) is 92.9 Å². The van der Waals surface area contributed by atoms with E-state index in [4.69, 9.17) is 16.6 Å². The molecule has 2 N–H and O–H groups in total. The van der Waals surface area contributed by atoms with E-state index in [2.05, 4.69) is 50.4 Å². The number of aromatic carboxylic acids is 1. The summed E-state index contributed by atoms with van der Waals surface area (Å²) in [7, 11) is 0. The number of nitrogens with one attached hydrogen (secondary N) is 1. The fourth-order valence-electron chi connectivity index (χ4n) is 4.41. The zero-order chi connectivity index (χ0) is 24.1. The molecule has 1 saturated carbocycles. The van der Waals surface area contributed by atoms with Gasteiger partial charge in [-0.3, -0.25) is 0 Å². The lowest BCUT2D eigenvalue weighted by atomic mass is 10.1. The van der Waals surface area contributed by atoms with Gasteiger partial charge in [-0.2, -0.15) is 0 Å². The highest BCUT2D eigenvalue weighted by molar-refractivity contribution is 7.17. The molecule has 1 aliphatic carbocycles. The number of hydrogen-bond acceptors (Lipinski definition) is 6. The molecule has 1 aliphatic rings. The third-order valence-corrected chi connectivity index (χ3v) is 7.60. The largest absolute Gasteiger partial charge is 0.475 e. The Balaban J connectivity index is 1.58. The first-order valence-electron chi connectivity index (χ1n) is 11.5. The maximum absolute atomic E-state index is 11.8. The summed E-state index contributed by atoms with van der Waals surface area (Å²) in [6.45, 7) is 2.62. The molecule has 7 nitrogen and oxygen atoms in total. The van der Waals surface area contributed by atoms with Gasteiger partial charge >= 0.3 is 5.97 Å². The van der Waals surface area contributed by atoms with Crippen molar-refractivity contribution in [2.45, 2.75) is 32.4 Å². The number of benzene rings is 2. The van der Waals surface area contributed by atoms with Crippen molar-refractivity contribution >= 4 is 56.0 Å². The van der Waals surface area contributed by atoms with Gasteiger partial charge in [0.15, 0.2) is 11.5 Å². The van der Waals surface area contributed by atoms with Gasteiger partial charge in [-0.1, -0.05) is 23.7 Å². The molecule has 5 aromatic rings. The van der Waals surface area contributed by atoms with E-state index in [-0.39, 0.29) is 11.9 Å². The second kappa shape index (κ2) is 8.62. The molecule has 0 spiro atoms. The smallest absolute Gasteiger partial charge is 0.374 e. The Morgan fingerprint density at radius 3 is 2.71 bits per heavy atom. The monoisotopic (exact) mass is 503 g/mol. The zero-order valence-corrected chi connectivity index (χ0v) is 20.5. The molecule has 1 unspecified atom stereocenters. The van der Waals surface area contributed by atoms with E-state index in [9.17, 15) is 9.90 Å². The molecule has 1 fully saturated rings. The van der Waals surface area contributed by atoms with Crippen molar-refractivity contribution in [1.82, 2.24) is 19.5 Å². The number of carboxylic acid groups (broad SMARTS) is 1. The lowest BCUT2D eigenvalue weighted by Crippen LogP contribution is -2.20. The summed E-state index contributed by atoms with van der Waals surface area (Å²) in [5.41, 5.74) is 3.02. The molecule has 6 rings (SSSR count). The summed E-state index contributed by atoms with van der Waals surface area (Å²) in [6, 6.07) is 16.2. The van der Waals surface area contributed by atoms with E-state index in [0.717, 1.165) is 29.4 Å². The summed E-state index contributed by atoms with van der Waals surface area (Å²) in [5.74, 6) is 0.320. The van der Waals surface area contributed by atoms with Crippen LogP contribution in [-0.2, 0) is 6.54 Å². The molecule has 3 aromatic heterocycles. The van der Waals surface area contributed by atoms with E-state index in [1.165, 1.54) is 4.70 Å². The van der Waals surface area contributed by atoms with Gasteiger partial charge in [0.2, 0.25) is 5.82 Å². The Kier molecular flexibility index (Phi) is 5.42. The first kappa shape index (κ1) is 22.0. The highest BCUT2D eigenvalue weighted by Crippen LogP contribution is 2.36. The van der Waals surface area contributed by atoms with Crippen LogP contribution < -0.4 is 5.32 Å². The van der Waals surface area contributed by atoms with Crippen LogP contribution in [0.15, 0.2) is 53.9 Å². The van der Waals surface area contributed by atoms with Gasteiger partial charge in [-0.05, 0) is 78.4 Å². The van der Waals surface area contributed by atoms with Crippen LogP contribution in [0, 0.1) is 5.92 Å². The molecular formula is C26H22ClN5O2S. The molecule has 2 aromatic carbocycles. The number of halogens is 1. The highest BCUT2D eigenvalue weighted by Gasteiger charge is 2.30. The molecule has 0 bridgehead atoms. The van der Waals surface area contributed by atoms with Crippen molar-refractivity contribution in [2.75, 3.05) is 5.32 Å². The van der Waals surface area contributed by atoms with E-state index in [0.29, 0.717) is 40.3 Å². The summed E-state index contributed by atoms with van der Waals surface area (Å²) < 4.78 is 3.27. The van der Waals surface area contributed by atoms with Crippen molar-refractivity contribution in [1.29, 1.82) is 0 Å². The Hall–Kier alpha value is -3.49. The summed E-state index contributed by atoms with van der Waals surface area (Å²) in [4.78, 5) is 25.4. The van der Waals surface area contributed by atoms with Gasteiger partial charge in [0.25, 0.3) is 0 Å². The number of fused-ring (bicyclic) bond motifs is 2. The van der Waals surface area contributed by atoms with Crippen LogP contribution in [0.25, 0.3) is 32.6 Å². The number of nitrogens with zero attached hydrogens (tertiary/aromatic N) is 4. The van der Waals surface area contributed by atoms with Crippen LogP contribution in [0.1, 0.15) is 35.9 Å². The second-order valence-electron chi connectivity index (χ2n) is 8.96. The van der Waals surface area contributed by atoms with Crippen molar-refractivity contribution in [3.8, 4) is 11.4 Å². The fourth-order valence-corrected chi connectivity index (χ4v) is 5.31. The van der Waals surface area contributed by atoms with Crippen LogP contribution in [0.3, 0.4) is 0 Å². The van der Waals surface area contributed by atoms with Gasteiger partial charge in [0, 0.05) is 27.9 Å². The predicted octanol–water partition coefficient (Wildman–Crippen LogP) is 6.32. The first-order chi connectivity index (χ1) is 17.0. The molecule has 0 radical (unpaired) electrons. The number of thiophene rings is 1. The molecular weight excluding hydrogens is 482 g/mol. The fraction of sp³-hybridized carbons (Fsp3) is 0.231. The van der Waals surface area contributed by atoms with Crippen molar-refractivity contribution in [2.24, 2.45) is 5.92 Å². The number of anilines is 1. The van der Waals surface area contributed by atoms with E-state index < -0.39 is 5.97 Å². The average molecular weight is 504 g/mol. The van der Waals surface area contributed by atoms with Gasteiger partial charge in [0.05, 0.1) is 0 Å². The summed E-state index contributed by atoms with van der Waals surface area (Å²) in [5, 5.41) is 17.0. The predicted molar refractivity (Wildman–Crippen MR) is 139 cm³/mol. The maximum Gasteiger partial charge on any atom is 0.374 e. The van der Waals surface area contributed by atoms with E-state index in [1.54, 1.807) is 11.3 Å². The number of rotatable bonds is 7. The normalized spacial score (nSPS) is 14.5. The molecule has 176 valence electrons. The summed E-state index contributed by atoms with van der Waals surface area (Å²) in [6.07, 6.45) is 2.31. The number of carbonyl (C=O) groups is 1.